The fraction of sp³-hybridized carbons (Fsp3) is 0.353. The third-order valence-corrected chi connectivity index (χ3v) is 6.50. The molecule has 0 saturated carbocycles. The van der Waals surface area contributed by atoms with Crippen molar-refractivity contribution in [3.8, 4) is 0 Å². The van der Waals surface area contributed by atoms with Gasteiger partial charge in [0, 0.05) is 16.5 Å². The number of thiophene rings is 1. The van der Waals surface area contributed by atoms with E-state index in [0.717, 1.165) is 10.4 Å². The molecule has 24 heavy (non-hydrogen) atoms. The molecule has 5 nitrogen and oxygen atoms in total. The van der Waals surface area contributed by atoms with E-state index >= 15 is 0 Å². The first kappa shape index (κ1) is 17.0. The van der Waals surface area contributed by atoms with Gasteiger partial charge < -0.3 is 5.32 Å². The second-order valence-electron chi connectivity index (χ2n) is 6.17. The lowest BCUT2D eigenvalue weighted by atomic mass is 10.1. The van der Waals surface area contributed by atoms with Crippen LogP contribution in [0.5, 0.6) is 0 Å². The zero-order valence-corrected chi connectivity index (χ0v) is 15.4. The highest BCUT2D eigenvalue weighted by Crippen LogP contribution is 2.34. The number of hydrogen-bond donors (Lipinski definition) is 1. The number of sulfonamides is 1. The highest BCUT2D eigenvalue weighted by atomic mass is 32.2. The molecule has 128 valence electrons. The Morgan fingerprint density at radius 3 is 2.75 bits per heavy atom. The zero-order chi connectivity index (χ0) is 17.5. The average Bonchev–Trinajstić information content (AvgIpc) is 3.11. The van der Waals surface area contributed by atoms with E-state index in [9.17, 15) is 13.2 Å². The Labute approximate surface area is 146 Å². The van der Waals surface area contributed by atoms with Crippen LogP contribution in [0.25, 0.3) is 0 Å². The molecular formula is C17H20N2O3S2. The van der Waals surface area contributed by atoms with E-state index in [1.54, 1.807) is 29.5 Å². The number of amides is 1. The minimum absolute atomic E-state index is 0.0582. The molecule has 1 N–H and O–H groups in total. The van der Waals surface area contributed by atoms with Crippen molar-refractivity contribution in [2.45, 2.75) is 32.4 Å². The fourth-order valence-corrected chi connectivity index (χ4v) is 5.14. The summed E-state index contributed by atoms with van der Waals surface area (Å²) in [7, 11) is -3.31. The van der Waals surface area contributed by atoms with Crippen LogP contribution in [0.1, 0.15) is 40.7 Å². The average molecular weight is 364 g/mol. The highest BCUT2D eigenvalue weighted by Gasteiger charge is 2.32. The van der Waals surface area contributed by atoms with Crippen LogP contribution < -0.4 is 9.62 Å². The van der Waals surface area contributed by atoms with Gasteiger partial charge in [-0.1, -0.05) is 6.07 Å². The summed E-state index contributed by atoms with van der Waals surface area (Å²) in [5.41, 5.74) is 2.12. The molecule has 2 heterocycles. The second-order valence-corrected chi connectivity index (χ2v) is 9.00. The molecule has 7 heteroatoms. The van der Waals surface area contributed by atoms with Crippen molar-refractivity contribution in [2.24, 2.45) is 0 Å². The lowest BCUT2D eigenvalue weighted by Gasteiger charge is -2.22. The topological polar surface area (TPSA) is 66.5 Å². The van der Waals surface area contributed by atoms with Gasteiger partial charge in [-0.25, -0.2) is 8.42 Å². The van der Waals surface area contributed by atoms with Crippen LogP contribution in [0.4, 0.5) is 5.69 Å². The van der Waals surface area contributed by atoms with Gasteiger partial charge in [-0.05, 0) is 55.5 Å². The van der Waals surface area contributed by atoms with Gasteiger partial charge in [0.25, 0.3) is 5.91 Å². The Morgan fingerprint density at radius 1 is 1.38 bits per heavy atom. The number of benzene rings is 1. The third kappa shape index (κ3) is 3.18. The number of rotatable bonds is 4. The normalized spacial score (nSPS) is 18.3. The van der Waals surface area contributed by atoms with Crippen molar-refractivity contribution >= 4 is 33.0 Å². The quantitative estimate of drug-likeness (QED) is 0.907. The Hall–Kier alpha value is -1.86. The summed E-state index contributed by atoms with van der Waals surface area (Å²) in [5.74, 6) is -0.149. The Bertz CT molecular complexity index is 860. The molecule has 0 radical (unpaired) electrons. The molecule has 1 aromatic carbocycles. The van der Waals surface area contributed by atoms with Gasteiger partial charge >= 0.3 is 0 Å². The molecule has 2 aromatic rings. The summed E-state index contributed by atoms with van der Waals surface area (Å²) >= 11 is 1.60. The van der Waals surface area contributed by atoms with Gasteiger partial charge in [0.2, 0.25) is 10.0 Å². The first-order valence-electron chi connectivity index (χ1n) is 7.74. The Balaban J connectivity index is 1.82. The van der Waals surface area contributed by atoms with Gasteiger partial charge in [0.05, 0.1) is 18.0 Å². The van der Waals surface area contributed by atoms with E-state index in [4.69, 9.17) is 0 Å². The van der Waals surface area contributed by atoms with Gasteiger partial charge in [0.15, 0.2) is 0 Å². The van der Waals surface area contributed by atoms with Crippen LogP contribution in [0.3, 0.4) is 0 Å². The second kappa shape index (κ2) is 6.22. The monoisotopic (exact) mass is 364 g/mol. The SMILES string of the molecule is C[C@@H](NC(=O)c1ccc2c(c1)C[C@H](C)N2S(C)(=O)=O)c1cccs1. The molecule has 1 aromatic heterocycles. The molecule has 1 aliphatic rings. The first-order chi connectivity index (χ1) is 11.3. The summed E-state index contributed by atoms with van der Waals surface area (Å²) in [6.07, 6.45) is 1.83. The number of nitrogens with zero attached hydrogens (tertiary/aromatic N) is 1. The number of carbonyl (C=O) groups is 1. The van der Waals surface area contributed by atoms with E-state index in [1.807, 2.05) is 31.4 Å². The van der Waals surface area contributed by atoms with Gasteiger partial charge in [0.1, 0.15) is 0 Å². The van der Waals surface area contributed by atoms with Crippen LogP contribution >= 0.6 is 11.3 Å². The summed E-state index contributed by atoms with van der Waals surface area (Å²) < 4.78 is 25.3. The number of nitrogens with one attached hydrogen (secondary N) is 1. The molecule has 0 bridgehead atoms. The minimum atomic E-state index is -3.31. The number of carbonyl (C=O) groups excluding carboxylic acids is 1. The fourth-order valence-electron chi connectivity index (χ4n) is 3.14. The van der Waals surface area contributed by atoms with Crippen LogP contribution in [0.15, 0.2) is 35.7 Å². The molecule has 2 atom stereocenters. The molecular weight excluding hydrogens is 344 g/mol. The zero-order valence-electron chi connectivity index (χ0n) is 13.8. The molecule has 3 rings (SSSR count). The van der Waals surface area contributed by atoms with E-state index in [2.05, 4.69) is 5.32 Å². The summed E-state index contributed by atoms with van der Waals surface area (Å²) in [5, 5.41) is 4.96. The maximum Gasteiger partial charge on any atom is 0.251 e. The summed E-state index contributed by atoms with van der Waals surface area (Å²) in [4.78, 5) is 13.6. The van der Waals surface area contributed by atoms with Gasteiger partial charge in [-0.3, -0.25) is 9.10 Å². The maximum atomic E-state index is 12.5. The largest absolute Gasteiger partial charge is 0.345 e. The maximum absolute atomic E-state index is 12.5. The molecule has 0 spiro atoms. The van der Waals surface area contributed by atoms with Crippen molar-refractivity contribution in [3.05, 3.63) is 51.7 Å². The predicted octanol–water partition coefficient (Wildman–Crippen LogP) is 2.95. The van der Waals surface area contributed by atoms with Crippen molar-refractivity contribution in [1.82, 2.24) is 5.32 Å². The summed E-state index contributed by atoms with van der Waals surface area (Å²) in [6.45, 7) is 3.82. The Kier molecular flexibility index (Phi) is 4.40. The van der Waals surface area contributed by atoms with Crippen LogP contribution in [0, 0.1) is 0 Å². The number of hydrogen-bond acceptors (Lipinski definition) is 4. The van der Waals surface area contributed by atoms with Crippen LogP contribution in [-0.2, 0) is 16.4 Å². The smallest absolute Gasteiger partial charge is 0.251 e. The van der Waals surface area contributed by atoms with Crippen molar-refractivity contribution < 1.29 is 13.2 Å². The van der Waals surface area contributed by atoms with Crippen molar-refractivity contribution in [3.63, 3.8) is 0 Å². The minimum Gasteiger partial charge on any atom is -0.345 e. The number of anilines is 1. The van der Waals surface area contributed by atoms with Crippen molar-refractivity contribution in [2.75, 3.05) is 10.6 Å². The molecule has 0 saturated heterocycles. The summed E-state index contributed by atoms with van der Waals surface area (Å²) in [6, 6.07) is 8.97. The number of fused-ring (bicyclic) bond motifs is 1. The molecule has 0 fully saturated rings. The van der Waals surface area contributed by atoms with Crippen LogP contribution in [0.2, 0.25) is 0 Å². The van der Waals surface area contributed by atoms with Crippen molar-refractivity contribution in [1.29, 1.82) is 0 Å². The molecule has 1 amide bonds. The van der Waals surface area contributed by atoms with E-state index in [1.165, 1.54) is 10.6 Å². The van der Waals surface area contributed by atoms with Crippen LogP contribution in [-0.4, -0.2) is 26.6 Å². The van der Waals surface area contributed by atoms with E-state index in [0.29, 0.717) is 17.7 Å². The van der Waals surface area contributed by atoms with E-state index < -0.39 is 10.0 Å². The standard InChI is InChI=1S/C17H20N2O3S2/c1-11-9-14-10-13(6-7-15(14)19(11)24(3,21)22)17(20)18-12(2)16-5-4-8-23-16/h4-8,10-12H,9H2,1-3H3,(H,18,20)/t11-,12+/m0/s1. The van der Waals surface area contributed by atoms with Gasteiger partial charge in [-0.2, -0.15) is 0 Å². The van der Waals surface area contributed by atoms with Gasteiger partial charge in [-0.15, -0.1) is 11.3 Å². The Morgan fingerprint density at radius 2 is 2.12 bits per heavy atom. The van der Waals surface area contributed by atoms with E-state index in [-0.39, 0.29) is 18.0 Å². The molecule has 0 unspecified atom stereocenters. The molecule has 0 aliphatic carbocycles. The lowest BCUT2D eigenvalue weighted by molar-refractivity contribution is 0.0940. The third-order valence-electron chi connectivity index (χ3n) is 4.17. The highest BCUT2D eigenvalue weighted by molar-refractivity contribution is 7.92. The molecule has 1 aliphatic heterocycles. The predicted molar refractivity (Wildman–Crippen MR) is 97.1 cm³/mol. The first-order valence-corrected chi connectivity index (χ1v) is 10.5. The lowest BCUT2D eigenvalue weighted by Crippen LogP contribution is -2.34.